The van der Waals surface area contributed by atoms with Gasteiger partial charge in [-0.25, -0.2) is 9.59 Å². The smallest absolute Gasteiger partial charge is 0.354 e. The van der Waals surface area contributed by atoms with Gasteiger partial charge in [-0.05, 0) is 19.4 Å². The van der Waals surface area contributed by atoms with E-state index in [4.69, 9.17) is 0 Å². The molecule has 29 heavy (non-hydrogen) atoms. The number of ether oxygens (including phenoxy) is 2. The molecule has 0 saturated carbocycles. The molecule has 0 saturated heterocycles. The molecule has 0 bridgehead atoms. The van der Waals surface area contributed by atoms with Crippen LogP contribution in [0.3, 0.4) is 0 Å². The maximum Gasteiger partial charge on any atom is 0.354 e. The number of hydrogen-bond donors (Lipinski definition) is 1. The summed E-state index contributed by atoms with van der Waals surface area (Å²) in [6.45, 7) is 1.28. The largest absolute Gasteiger partial charge is 0.466 e. The molecule has 1 rings (SSSR count). The average molecular weight is 409 g/mol. The van der Waals surface area contributed by atoms with Crippen LogP contribution >= 0.6 is 0 Å². The number of rotatable bonds is 10. The third-order valence-corrected chi connectivity index (χ3v) is 3.70. The van der Waals surface area contributed by atoms with Crippen molar-refractivity contribution in [3.63, 3.8) is 0 Å². The third kappa shape index (κ3) is 7.01. The molecular formula is C17H19N3O9. The number of ketones is 1. The van der Waals surface area contributed by atoms with Gasteiger partial charge in [0.2, 0.25) is 0 Å². The Kier molecular flexibility index (Phi) is 8.40. The van der Waals surface area contributed by atoms with Crippen molar-refractivity contribution in [2.24, 2.45) is 0 Å². The van der Waals surface area contributed by atoms with Crippen molar-refractivity contribution in [1.82, 2.24) is 5.32 Å². The van der Waals surface area contributed by atoms with Crippen LogP contribution in [0, 0.1) is 20.2 Å². The van der Waals surface area contributed by atoms with E-state index in [0.29, 0.717) is 0 Å². The van der Waals surface area contributed by atoms with E-state index in [0.717, 1.165) is 32.4 Å². The van der Waals surface area contributed by atoms with Crippen LogP contribution in [0.5, 0.6) is 0 Å². The molecule has 1 aromatic rings. The molecule has 0 spiro atoms. The number of methoxy groups -OCH3 is 2. The van der Waals surface area contributed by atoms with Crippen LogP contribution in [0.25, 0.3) is 0 Å². The Balaban J connectivity index is 3.29. The minimum Gasteiger partial charge on any atom is -0.466 e. The van der Waals surface area contributed by atoms with Gasteiger partial charge in [-0.3, -0.25) is 25.0 Å². The number of carbonyl (C=O) groups excluding carboxylic acids is 3. The maximum atomic E-state index is 11.9. The van der Waals surface area contributed by atoms with Gasteiger partial charge in [0, 0.05) is 24.1 Å². The number of benzene rings is 1. The van der Waals surface area contributed by atoms with Gasteiger partial charge in [0.15, 0.2) is 0 Å². The fraction of sp³-hybridized carbons (Fsp3) is 0.353. The maximum absolute atomic E-state index is 11.9. The molecule has 0 aromatic heterocycles. The number of nitrogens with one attached hydrogen (secondary N) is 1. The molecule has 0 amide bonds. The summed E-state index contributed by atoms with van der Waals surface area (Å²) in [5.74, 6) is -2.07. The molecule has 0 heterocycles. The summed E-state index contributed by atoms with van der Waals surface area (Å²) in [6, 6.07) is 2.26. The standard InChI is InChI=1S/C17H19N3O9/c1-10(21)6-12(18-14(17(23)29-3)9-16(22)28-2)7-11-4-5-13(19(24)25)8-15(11)20(26)27/h4-5,8-9,12,18H,6-7H2,1-3H3/b14-9-. The first kappa shape index (κ1) is 23.2. The molecular weight excluding hydrogens is 390 g/mol. The number of non-ortho nitro benzene ring substituents is 1. The van der Waals surface area contributed by atoms with Gasteiger partial charge in [0.1, 0.15) is 11.5 Å². The number of nitrogens with zero attached hydrogens (tertiary/aromatic N) is 2. The third-order valence-electron chi connectivity index (χ3n) is 3.70. The first-order valence-corrected chi connectivity index (χ1v) is 8.14. The summed E-state index contributed by atoms with van der Waals surface area (Å²) in [6.07, 6.45) is 0.538. The molecule has 1 atom stereocenters. The van der Waals surface area contributed by atoms with E-state index in [9.17, 15) is 34.6 Å². The van der Waals surface area contributed by atoms with Gasteiger partial charge in [0.05, 0.1) is 36.2 Å². The minimum atomic E-state index is -0.915. The molecule has 1 N–H and O–H groups in total. The summed E-state index contributed by atoms with van der Waals surface area (Å²) in [4.78, 5) is 55.6. The number of carbonyl (C=O) groups is 3. The van der Waals surface area contributed by atoms with Gasteiger partial charge in [0.25, 0.3) is 11.4 Å². The van der Waals surface area contributed by atoms with Gasteiger partial charge >= 0.3 is 11.9 Å². The van der Waals surface area contributed by atoms with Gasteiger partial charge in [-0.1, -0.05) is 0 Å². The highest BCUT2D eigenvalue weighted by molar-refractivity contribution is 5.95. The fourth-order valence-electron chi connectivity index (χ4n) is 2.46. The summed E-state index contributed by atoms with van der Waals surface area (Å²) in [5.41, 5.74) is -1.18. The number of esters is 2. The zero-order valence-electron chi connectivity index (χ0n) is 15.9. The van der Waals surface area contributed by atoms with Gasteiger partial charge < -0.3 is 14.8 Å². The fourth-order valence-corrected chi connectivity index (χ4v) is 2.46. The van der Waals surface area contributed by atoms with Crippen LogP contribution in [-0.4, -0.2) is 47.8 Å². The lowest BCUT2D eigenvalue weighted by Gasteiger charge is -2.20. The molecule has 0 radical (unpaired) electrons. The number of Topliss-reactive ketones (excluding diaryl/α,β-unsaturated/α-hetero) is 1. The Bertz CT molecular complexity index is 864. The van der Waals surface area contributed by atoms with E-state index in [1.165, 1.54) is 13.0 Å². The predicted molar refractivity (Wildman–Crippen MR) is 97.8 cm³/mol. The lowest BCUT2D eigenvalue weighted by Crippen LogP contribution is -2.36. The normalized spacial score (nSPS) is 11.9. The monoisotopic (exact) mass is 409 g/mol. The first-order valence-electron chi connectivity index (χ1n) is 8.14. The van der Waals surface area contributed by atoms with Crippen molar-refractivity contribution in [2.45, 2.75) is 25.8 Å². The van der Waals surface area contributed by atoms with Crippen LogP contribution in [0.15, 0.2) is 30.0 Å². The molecule has 1 unspecified atom stereocenters. The zero-order chi connectivity index (χ0) is 22.1. The highest BCUT2D eigenvalue weighted by Gasteiger charge is 2.25. The topological polar surface area (TPSA) is 168 Å². The second kappa shape index (κ2) is 10.5. The number of nitro groups is 2. The van der Waals surface area contributed by atoms with Crippen molar-refractivity contribution in [2.75, 3.05) is 14.2 Å². The first-order chi connectivity index (χ1) is 13.6. The SMILES string of the molecule is COC(=O)/C=C(\NC(CC(C)=O)Cc1ccc([N+](=O)[O-])cc1[N+](=O)[O-])C(=O)OC. The van der Waals surface area contributed by atoms with Crippen molar-refractivity contribution < 1.29 is 33.7 Å². The Hall–Kier alpha value is -3.83. The van der Waals surface area contributed by atoms with Crippen LogP contribution in [-0.2, 0) is 30.3 Å². The van der Waals surface area contributed by atoms with E-state index in [-0.39, 0.29) is 29.9 Å². The summed E-state index contributed by atoms with van der Waals surface area (Å²) >= 11 is 0. The van der Waals surface area contributed by atoms with E-state index in [2.05, 4.69) is 14.8 Å². The average Bonchev–Trinajstić information content (AvgIpc) is 2.65. The molecule has 0 aliphatic carbocycles. The van der Waals surface area contributed by atoms with Crippen LogP contribution in [0.4, 0.5) is 11.4 Å². The van der Waals surface area contributed by atoms with E-state index < -0.39 is 39.2 Å². The molecule has 1 aromatic carbocycles. The van der Waals surface area contributed by atoms with Gasteiger partial charge in [-0.2, -0.15) is 0 Å². The molecule has 156 valence electrons. The summed E-state index contributed by atoms with van der Waals surface area (Å²) in [7, 11) is 2.18. The Labute approximate surface area is 164 Å². The second-order valence-electron chi connectivity index (χ2n) is 5.85. The number of nitro benzene ring substituents is 2. The van der Waals surface area contributed by atoms with Crippen molar-refractivity contribution in [3.8, 4) is 0 Å². The molecule has 0 fully saturated rings. The van der Waals surface area contributed by atoms with Crippen LogP contribution in [0.1, 0.15) is 18.9 Å². The highest BCUT2D eigenvalue weighted by atomic mass is 16.6. The van der Waals surface area contributed by atoms with Crippen LogP contribution < -0.4 is 5.32 Å². The Morgan fingerprint density at radius 2 is 1.79 bits per heavy atom. The molecule has 12 heteroatoms. The molecule has 12 nitrogen and oxygen atoms in total. The summed E-state index contributed by atoms with van der Waals surface area (Å²) < 4.78 is 9.03. The van der Waals surface area contributed by atoms with Gasteiger partial charge in [-0.15, -0.1) is 0 Å². The Morgan fingerprint density at radius 1 is 1.14 bits per heavy atom. The van der Waals surface area contributed by atoms with Crippen molar-refractivity contribution in [1.29, 1.82) is 0 Å². The van der Waals surface area contributed by atoms with E-state index in [1.54, 1.807) is 0 Å². The zero-order valence-corrected chi connectivity index (χ0v) is 15.9. The van der Waals surface area contributed by atoms with Crippen molar-refractivity contribution >= 4 is 29.1 Å². The lowest BCUT2D eigenvalue weighted by atomic mass is 9.99. The summed E-state index contributed by atoms with van der Waals surface area (Å²) in [5, 5.41) is 24.8. The highest BCUT2D eigenvalue weighted by Crippen LogP contribution is 2.26. The predicted octanol–water partition coefficient (Wildman–Crippen LogP) is 1.21. The van der Waals surface area contributed by atoms with Crippen LogP contribution in [0.2, 0.25) is 0 Å². The quantitative estimate of drug-likeness (QED) is 0.256. The van der Waals surface area contributed by atoms with E-state index in [1.807, 2.05) is 0 Å². The number of hydrogen-bond acceptors (Lipinski definition) is 10. The molecule has 0 aliphatic rings. The Morgan fingerprint density at radius 3 is 2.28 bits per heavy atom. The second-order valence-corrected chi connectivity index (χ2v) is 5.85. The minimum absolute atomic E-state index is 0.0987. The van der Waals surface area contributed by atoms with Crippen molar-refractivity contribution in [3.05, 3.63) is 55.8 Å². The van der Waals surface area contributed by atoms with E-state index >= 15 is 0 Å². The lowest BCUT2D eigenvalue weighted by molar-refractivity contribution is -0.394. The molecule has 0 aliphatic heterocycles.